The first-order chi connectivity index (χ1) is 9.08. The van der Waals surface area contributed by atoms with E-state index in [4.69, 9.17) is 5.73 Å². The Hall–Kier alpha value is -1.29. The van der Waals surface area contributed by atoms with Crippen molar-refractivity contribution in [1.82, 2.24) is 4.98 Å². The van der Waals surface area contributed by atoms with Crippen LogP contribution in [0.3, 0.4) is 0 Å². The lowest BCUT2D eigenvalue weighted by atomic mass is 10.1. The minimum absolute atomic E-state index is 0.553. The Morgan fingerprint density at radius 1 is 1.42 bits per heavy atom. The molecule has 1 saturated carbocycles. The summed E-state index contributed by atoms with van der Waals surface area (Å²) in [5.74, 6) is 0.827. The summed E-state index contributed by atoms with van der Waals surface area (Å²) in [6.45, 7) is 2.29. The maximum Gasteiger partial charge on any atom is 0.0956 e. The molecule has 3 rings (SSSR count). The first-order valence-electron chi connectivity index (χ1n) is 6.64. The lowest BCUT2D eigenvalue weighted by molar-refractivity contribution is 0.610. The number of benzene rings is 1. The van der Waals surface area contributed by atoms with Gasteiger partial charge < -0.3 is 10.6 Å². The summed E-state index contributed by atoms with van der Waals surface area (Å²) in [4.78, 5) is 6.89. The smallest absolute Gasteiger partial charge is 0.0956 e. The number of nitrogen functional groups attached to an aromatic ring is 1. The molecule has 1 aliphatic rings. The van der Waals surface area contributed by atoms with E-state index >= 15 is 0 Å². The van der Waals surface area contributed by atoms with Crippen LogP contribution in [0, 0.1) is 5.92 Å². The van der Waals surface area contributed by atoms with Crippen molar-refractivity contribution in [3.8, 4) is 0 Å². The van der Waals surface area contributed by atoms with Gasteiger partial charge in [0, 0.05) is 34.8 Å². The van der Waals surface area contributed by atoms with Gasteiger partial charge in [-0.05, 0) is 59.8 Å². The number of anilines is 2. The fourth-order valence-corrected chi connectivity index (χ4v) is 2.93. The van der Waals surface area contributed by atoms with E-state index < -0.39 is 0 Å². The van der Waals surface area contributed by atoms with Crippen LogP contribution < -0.4 is 10.6 Å². The SMILES string of the molecule is CC(C1CC1)N(C)c1ccc(N)c2cc(Br)cnc12. The zero-order valence-electron chi connectivity index (χ0n) is 11.2. The highest BCUT2D eigenvalue weighted by Crippen LogP contribution is 2.38. The molecule has 3 nitrogen and oxygen atoms in total. The average molecular weight is 320 g/mol. The van der Waals surface area contributed by atoms with E-state index in [1.165, 1.54) is 12.8 Å². The number of nitrogens with zero attached hydrogens (tertiary/aromatic N) is 2. The quantitative estimate of drug-likeness (QED) is 0.874. The molecule has 0 spiro atoms. The minimum atomic E-state index is 0.553. The second-order valence-electron chi connectivity index (χ2n) is 5.41. The molecule has 100 valence electrons. The number of hydrogen-bond donors (Lipinski definition) is 1. The Balaban J connectivity index is 2.10. The van der Waals surface area contributed by atoms with Gasteiger partial charge in [-0.2, -0.15) is 0 Å². The summed E-state index contributed by atoms with van der Waals surface area (Å²) >= 11 is 3.46. The third-order valence-corrected chi connectivity index (χ3v) is 4.56. The number of hydrogen-bond acceptors (Lipinski definition) is 3. The van der Waals surface area contributed by atoms with Gasteiger partial charge in [0.25, 0.3) is 0 Å². The highest BCUT2D eigenvalue weighted by Gasteiger charge is 2.31. The molecule has 0 saturated heterocycles. The van der Waals surface area contributed by atoms with Crippen molar-refractivity contribution in [3.05, 3.63) is 28.9 Å². The Morgan fingerprint density at radius 2 is 2.16 bits per heavy atom. The van der Waals surface area contributed by atoms with Gasteiger partial charge in [-0.3, -0.25) is 4.98 Å². The molecule has 1 fully saturated rings. The van der Waals surface area contributed by atoms with Gasteiger partial charge in [0.1, 0.15) is 0 Å². The van der Waals surface area contributed by atoms with Crippen LogP contribution >= 0.6 is 15.9 Å². The molecular weight excluding hydrogens is 302 g/mol. The van der Waals surface area contributed by atoms with Crippen LogP contribution in [-0.4, -0.2) is 18.1 Å². The number of halogens is 1. The van der Waals surface area contributed by atoms with Gasteiger partial charge in [-0.1, -0.05) is 0 Å². The van der Waals surface area contributed by atoms with Gasteiger partial charge in [-0.25, -0.2) is 0 Å². The molecule has 1 aliphatic carbocycles. The van der Waals surface area contributed by atoms with Crippen molar-refractivity contribution in [2.24, 2.45) is 5.92 Å². The zero-order valence-corrected chi connectivity index (χ0v) is 12.8. The Morgan fingerprint density at radius 3 is 2.84 bits per heavy atom. The van der Waals surface area contributed by atoms with Crippen molar-refractivity contribution >= 4 is 38.2 Å². The molecule has 1 heterocycles. The van der Waals surface area contributed by atoms with E-state index in [-0.39, 0.29) is 0 Å². The molecule has 1 atom stereocenters. The number of rotatable bonds is 3. The Labute approximate surface area is 121 Å². The molecular formula is C15H18BrN3. The largest absolute Gasteiger partial charge is 0.398 e. The maximum absolute atomic E-state index is 6.06. The predicted octanol–water partition coefficient (Wildman–Crippen LogP) is 3.81. The molecule has 1 aromatic carbocycles. The molecule has 0 radical (unpaired) electrons. The summed E-state index contributed by atoms with van der Waals surface area (Å²) in [6.07, 6.45) is 4.52. The summed E-state index contributed by atoms with van der Waals surface area (Å²) in [5, 5.41) is 1.02. The molecule has 0 amide bonds. The third kappa shape index (κ3) is 2.29. The number of nitrogens with two attached hydrogens (primary N) is 1. The van der Waals surface area contributed by atoms with E-state index in [1.54, 1.807) is 0 Å². The molecule has 4 heteroatoms. The second-order valence-corrected chi connectivity index (χ2v) is 6.33. The number of aromatic nitrogens is 1. The van der Waals surface area contributed by atoms with Gasteiger partial charge in [0.2, 0.25) is 0 Å². The summed E-state index contributed by atoms with van der Waals surface area (Å²) in [7, 11) is 2.15. The molecule has 0 bridgehead atoms. The second kappa shape index (κ2) is 4.67. The van der Waals surface area contributed by atoms with Crippen LogP contribution in [0.1, 0.15) is 19.8 Å². The monoisotopic (exact) mass is 319 g/mol. The first-order valence-corrected chi connectivity index (χ1v) is 7.44. The van der Waals surface area contributed by atoms with Crippen molar-refractivity contribution in [2.45, 2.75) is 25.8 Å². The normalized spacial score (nSPS) is 16.6. The average Bonchev–Trinajstić information content (AvgIpc) is 3.22. The lowest BCUT2D eigenvalue weighted by Gasteiger charge is -2.28. The molecule has 19 heavy (non-hydrogen) atoms. The van der Waals surface area contributed by atoms with Gasteiger partial charge in [-0.15, -0.1) is 0 Å². The molecule has 1 aromatic heterocycles. The predicted molar refractivity (Wildman–Crippen MR) is 84.4 cm³/mol. The third-order valence-electron chi connectivity index (χ3n) is 4.12. The molecule has 0 aliphatic heterocycles. The standard InChI is InChI=1S/C15H18BrN3/c1-9(10-3-4-10)19(2)14-6-5-13(17)12-7-11(16)8-18-15(12)14/h5-10H,3-4,17H2,1-2H3. The van der Waals surface area contributed by atoms with E-state index in [9.17, 15) is 0 Å². The van der Waals surface area contributed by atoms with Crippen molar-refractivity contribution in [2.75, 3.05) is 17.7 Å². The Bertz CT molecular complexity index is 622. The summed E-state index contributed by atoms with van der Waals surface area (Å²) in [6, 6.07) is 6.65. The first kappa shape index (κ1) is 12.7. The van der Waals surface area contributed by atoms with Gasteiger partial charge in [0.15, 0.2) is 0 Å². The summed E-state index contributed by atoms with van der Waals surface area (Å²) < 4.78 is 0.960. The van der Waals surface area contributed by atoms with Crippen LogP contribution in [0.2, 0.25) is 0 Å². The van der Waals surface area contributed by atoms with Crippen molar-refractivity contribution in [3.63, 3.8) is 0 Å². The highest BCUT2D eigenvalue weighted by atomic mass is 79.9. The zero-order chi connectivity index (χ0) is 13.6. The van der Waals surface area contributed by atoms with Gasteiger partial charge >= 0.3 is 0 Å². The summed E-state index contributed by atoms with van der Waals surface area (Å²) in [5.41, 5.74) is 8.99. The topological polar surface area (TPSA) is 42.1 Å². The minimum Gasteiger partial charge on any atom is -0.398 e. The van der Waals surface area contributed by atoms with Crippen LogP contribution in [0.5, 0.6) is 0 Å². The Kier molecular flexibility index (Phi) is 3.13. The van der Waals surface area contributed by atoms with E-state index in [0.29, 0.717) is 6.04 Å². The van der Waals surface area contributed by atoms with Crippen LogP contribution in [0.25, 0.3) is 10.9 Å². The number of pyridine rings is 1. The maximum atomic E-state index is 6.06. The molecule has 1 unspecified atom stereocenters. The van der Waals surface area contributed by atoms with Crippen molar-refractivity contribution in [1.29, 1.82) is 0 Å². The van der Waals surface area contributed by atoms with Crippen LogP contribution in [0.15, 0.2) is 28.9 Å². The van der Waals surface area contributed by atoms with Crippen LogP contribution in [-0.2, 0) is 0 Å². The fourth-order valence-electron chi connectivity index (χ4n) is 2.60. The fraction of sp³-hybridized carbons (Fsp3) is 0.400. The molecule has 2 aromatic rings. The van der Waals surface area contributed by atoms with Crippen molar-refractivity contribution < 1.29 is 0 Å². The lowest BCUT2D eigenvalue weighted by Crippen LogP contribution is -2.30. The van der Waals surface area contributed by atoms with Gasteiger partial charge in [0.05, 0.1) is 11.2 Å². The molecule has 2 N–H and O–H groups in total. The number of fused-ring (bicyclic) bond motifs is 1. The van der Waals surface area contributed by atoms with E-state index in [2.05, 4.69) is 45.9 Å². The van der Waals surface area contributed by atoms with E-state index in [0.717, 1.165) is 32.7 Å². The highest BCUT2D eigenvalue weighted by molar-refractivity contribution is 9.10. The van der Waals surface area contributed by atoms with Crippen LogP contribution in [0.4, 0.5) is 11.4 Å². The van der Waals surface area contributed by atoms with E-state index in [1.807, 2.05) is 18.3 Å².